The van der Waals surface area contributed by atoms with Gasteiger partial charge in [0.05, 0.1) is 17.4 Å². The number of benzene rings is 1. The summed E-state index contributed by atoms with van der Waals surface area (Å²) in [5, 5.41) is 7.79. The van der Waals surface area contributed by atoms with Crippen molar-refractivity contribution in [2.24, 2.45) is 0 Å². The maximum absolute atomic E-state index is 13.6. The Morgan fingerprint density at radius 2 is 2.00 bits per heavy atom. The third-order valence-electron chi connectivity index (χ3n) is 3.65. The number of ether oxygens (including phenoxy) is 1. The van der Waals surface area contributed by atoms with Gasteiger partial charge in [0.1, 0.15) is 23.9 Å². The van der Waals surface area contributed by atoms with Crippen LogP contribution in [0.4, 0.5) is 19.0 Å². The fraction of sp³-hybridized carbons (Fsp3) is 0.294. The second kappa shape index (κ2) is 7.22. The van der Waals surface area contributed by atoms with Crippen LogP contribution in [-0.4, -0.2) is 39.1 Å². The van der Waals surface area contributed by atoms with E-state index in [-0.39, 0.29) is 18.3 Å². The third kappa shape index (κ3) is 4.33. The molecule has 2 aromatic heterocycles. The third-order valence-corrected chi connectivity index (χ3v) is 3.65. The second-order valence-corrected chi connectivity index (χ2v) is 6.09. The summed E-state index contributed by atoms with van der Waals surface area (Å²) < 4.78 is 47.4. The van der Waals surface area contributed by atoms with Crippen LogP contribution in [0.1, 0.15) is 18.2 Å². The van der Waals surface area contributed by atoms with Gasteiger partial charge in [0, 0.05) is 27.2 Å². The molecule has 0 saturated carbocycles. The molecule has 0 spiro atoms. The van der Waals surface area contributed by atoms with Crippen molar-refractivity contribution in [3.05, 3.63) is 53.7 Å². The van der Waals surface area contributed by atoms with Crippen molar-refractivity contribution in [1.29, 1.82) is 0 Å². The van der Waals surface area contributed by atoms with Crippen LogP contribution in [0, 0.1) is 5.82 Å². The van der Waals surface area contributed by atoms with Gasteiger partial charge >= 0.3 is 6.01 Å². The van der Waals surface area contributed by atoms with Crippen molar-refractivity contribution >= 4 is 5.82 Å². The van der Waals surface area contributed by atoms with Gasteiger partial charge in [-0.3, -0.25) is 0 Å². The molecule has 0 radical (unpaired) electrons. The summed E-state index contributed by atoms with van der Waals surface area (Å²) in [6.45, 7) is 0.673. The van der Waals surface area contributed by atoms with Crippen LogP contribution in [0.2, 0.25) is 0 Å². The van der Waals surface area contributed by atoms with Crippen LogP contribution >= 0.6 is 0 Å². The van der Waals surface area contributed by atoms with E-state index >= 15 is 0 Å². The van der Waals surface area contributed by atoms with Gasteiger partial charge in [0.15, 0.2) is 0 Å². The first-order valence-corrected chi connectivity index (χ1v) is 7.96. The smallest absolute Gasteiger partial charge is 0.318 e. The number of alkyl halides is 2. The normalized spacial score (nSPS) is 11.5. The molecule has 0 unspecified atom stereocenters. The Morgan fingerprint density at radius 1 is 1.22 bits per heavy atom. The molecule has 0 fully saturated rings. The molecule has 3 aromatic rings. The van der Waals surface area contributed by atoms with Crippen LogP contribution in [0.15, 0.2) is 36.7 Å². The van der Waals surface area contributed by atoms with E-state index in [2.05, 4.69) is 20.3 Å². The first kappa shape index (κ1) is 18.6. The Labute approximate surface area is 153 Å². The summed E-state index contributed by atoms with van der Waals surface area (Å²) in [4.78, 5) is 10.0. The van der Waals surface area contributed by atoms with E-state index in [1.165, 1.54) is 16.9 Å². The van der Waals surface area contributed by atoms with Crippen LogP contribution in [0.5, 0.6) is 6.01 Å². The van der Waals surface area contributed by atoms with Crippen LogP contribution in [0.25, 0.3) is 5.69 Å². The molecule has 7 nitrogen and oxygen atoms in total. The van der Waals surface area contributed by atoms with Crippen molar-refractivity contribution < 1.29 is 17.9 Å². The standard InChI is InChI=1S/C17H17F3N6O/c1-17(19,20)13-8-12(4-5-14(13)18)26-9-11(23-24-26)10-27-16-21-7-6-15(22-16)25(2)3/h4-9H,10H2,1-3H3. The van der Waals surface area contributed by atoms with E-state index in [0.29, 0.717) is 18.4 Å². The Morgan fingerprint density at radius 3 is 2.70 bits per heavy atom. The molecular formula is C17H17F3N6O. The molecule has 0 aliphatic heterocycles. The Balaban J connectivity index is 1.75. The minimum atomic E-state index is -3.30. The monoisotopic (exact) mass is 378 g/mol. The highest BCUT2D eigenvalue weighted by Gasteiger charge is 2.28. The maximum atomic E-state index is 13.6. The van der Waals surface area contributed by atoms with Crippen LogP contribution < -0.4 is 9.64 Å². The molecule has 142 valence electrons. The maximum Gasteiger partial charge on any atom is 0.318 e. The van der Waals surface area contributed by atoms with Crippen molar-refractivity contribution in [3.63, 3.8) is 0 Å². The lowest BCUT2D eigenvalue weighted by Gasteiger charge is -2.13. The van der Waals surface area contributed by atoms with Gasteiger partial charge in [0.25, 0.3) is 5.92 Å². The predicted molar refractivity (Wildman–Crippen MR) is 91.6 cm³/mol. The lowest BCUT2D eigenvalue weighted by molar-refractivity contribution is 0.0137. The van der Waals surface area contributed by atoms with Gasteiger partial charge in [-0.2, -0.15) is 4.98 Å². The second-order valence-electron chi connectivity index (χ2n) is 6.09. The first-order valence-electron chi connectivity index (χ1n) is 7.96. The van der Waals surface area contributed by atoms with E-state index < -0.39 is 17.3 Å². The number of halogens is 3. The van der Waals surface area contributed by atoms with Crippen LogP contribution in [0.3, 0.4) is 0 Å². The number of aromatic nitrogens is 5. The van der Waals surface area contributed by atoms with Gasteiger partial charge in [-0.05, 0) is 24.3 Å². The zero-order chi connectivity index (χ0) is 19.6. The Kier molecular flexibility index (Phi) is 4.98. The molecule has 0 saturated heterocycles. The summed E-state index contributed by atoms with van der Waals surface area (Å²) in [5.41, 5.74) is -0.0114. The molecule has 0 bridgehead atoms. The summed E-state index contributed by atoms with van der Waals surface area (Å²) in [6, 6.07) is 5.26. The minimum absolute atomic E-state index is 0.0366. The molecule has 0 atom stereocenters. The zero-order valence-corrected chi connectivity index (χ0v) is 14.9. The van der Waals surface area contributed by atoms with Crippen molar-refractivity contribution in [1.82, 2.24) is 25.0 Å². The summed E-state index contributed by atoms with van der Waals surface area (Å²) >= 11 is 0. The highest BCUT2D eigenvalue weighted by molar-refractivity contribution is 5.38. The SMILES string of the molecule is CN(C)c1ccnc(OCc2cn(-c3ccc(F)c(C(C)(F)F)c3)nn2)n1. The van der Waals surface area contributed by atoms with Crippen molar-refractivity contribution in [3.8, 4) is 11.7 Å². The number of rotatable bonds is 6. The lowest BCUT2D eigenvalue weighted by atomic mass is 10.1. The molecule has 3 rings (SSSR count). The Bertz CT molecular complexity index is 938. The average molecular weight is 378 g/mol. The van der Waals surface area contributed by atoms with E-state index in [1.807, 2.05) is 14.1 Å². The fourth-order valence-electron chi connectivity index (χ4n) is 2.27. The van der Waals surface area contributed by atoms with E-state index in [9.17, 15) is 13.2 Å². The van der Waals surface area contributed by atoms with Crippen molar-refractivity contribution in [2.45, 2.75) is 19.5 Å². The van der Waals surface area contributed by atoms with E-state index in [0.717, 1.165) is 12.1 Å². The number of anilines is 1. The summed E-state index contributed by atoms with van der Waals surface area (Å²) in [5.74, 6) is -3.60. The highest BCUT2D eigenvalue weighted by Crippen LogP contribution is 2.30. The largest absolute Gasteiger partial charge is 0.457 e. The quantitative estimate of drug-likeness (QED) is 0.657. The minimum Gasteiger partial charge on any atom is -0.457 e. The summed E-state index contributed by atoms with van der Waals surface area (Å²) in [7, 11) is 3.68. The van der Waals surface area contributed by atoms with Crippen LogP contribution in [-0.2, 0) is 12.5 Å². The molecule has 0 N–H and O–H groups in total. The molecule has 0 aliphatic carbocycles. The fourth-order valence-corrected chi connectivity index (χ4v) is 2.27. The lowest BCUT2D eigenvalue weighted by Crippen LogP contribution is -2.11. The number of hydrogen-bond donors (Lipinski definition) is 0. The zero-order valence-electron chi connectivity index (χ0n) is 14.9. The van der Waals surface area contributed by atoms with Crippen molar-refractivity contribution in [2.75, 3.05) is 19.0 Å². The molecule has 1 aromatic carbocycles. The molecular weight excluding hydrogens is 361 g/mol. The first-order chi connectivity index (χ1) is 12.7. The van der Waals surface area contributed by atoms with Gasteiger partial charge in [0.2, 0.25) is 0 Å². The van der Waals surface area contributed by atoms with Gasteiger partial charge in [-0.25, -0.2) is 22.8 Å². The van der Waals surface area contributed by atoms with Gasteiger partial charge in [-0.15, -0.1) is 5.10 Å². The van der Waals surface area contributed by atoms with E-state index in [4.69, 9.17) is 4.74 Å². The Hall–Kier alpha value is -3.17. The predicted octanol–water partition coefficient (Wildman–Crippen LogP) is 2.95. The van der Waals surface area contributed by atoms with Gasteiger partial charge < -0.3 is 9.64 Å². The molecule has 0 aliphatic rings. The van der Waals surface area contributed by atoms with Gasteiger partial charge in [-0.1, -0.05) is 5.21 Å². The average Bonchev–Trinajstić information content (AvgIpc) is 3.08. The highest BCUT2D eigenvalue weighted by atomic mass is 19.3. The number of nitrogens with zero attached hydrogens (tertiary/aromatic N) is 6. The molecule has 10 heteroatoms. The molecule has 27 heavy (non-hydrogen) atoms. The topological polar surface area (TPSA) is 69.0 Å². The molecule has 2 heterocycles. The number of hydrogen-bond acceptors (Lipinski definition) is 6. The summed E-state index contributed by atoms with van der Waals surface area (Å²) in [6.07, 6.45) is 3.07. The molecule has 0 amide bonds. The van der Waals surface area contributed by atoms with E-state index in [1.54, 1.807) is 17.2 Å².